The Balaban J connectivity index is 2.16. The lowest BCUT2D eigenvalue weighted by atomic mass is 10.1. The summed E-state index contributed by atoms with van der Waals surface area (Å²) in [6, 6.07) is 16.8. The third-order valence-corrected chi connectivity index (χ3v) is 4.04. The van der Waals surface area contributed by atoms with Crippen LogP contribution in [-0.4, -0.2) is 33.4 Å². The molecule has 0 bridgehead atoms. The molecule has 1 atom stereocenters. The maximum Gasteiger partial charge on any atom is 0.337 e. The molecular weight excluding hydrogens is 356 g/mol. The first-order valence-electron chi connectivity index (χ1n) is 8.18. The highest BCUT2D eigenvalue weighted by Gasteiger charge is 2.26. The predicted octanol–water partition coefficient (Wildman–Crippen LogP) is 2.72. The van der Waals surface area contributed by atoms with Gasteiger partial charge in [-0.25, -0.2) is 4.79 Å². The number of carbonyl (C=O) groups excluding carboxylic acids is 1. The fraction of sp³-hybridized carbons (Fsp3) is 0.316. The fourth-order valence-corrected chi connectivity index (χ4v) is 2.92. The Bertz CT molecular complexity index is 817. The smallest absolute Gasteiger partial charge is 0.337 e. The van der Waals surface area contributed by atoms with Crippen molar-refractivity contribution >= 4 is 16.1 Å². The van der Waals surface area contributed by atoms with Gasteiger partial charge in [-0.2, -0.15) is 8.42 Å². The Hall–Kier alpha value is -2.38. The fourth-order valence-electron chi connectivity index (χ4n) is 2.35. The maximum atomic E-state index is 12.1. The zero-order chi connectivity index (χ0) is 19.0. The van der Waals surface area contributed by atoms with Crippen molar-refractivity contribution in [3.63, 3.8) is 0 Å². The highest BCUT2D eigenvalue weighted by molar-refractivity contribution is 7.86. The summed E-state index contributed by atoms with van der Waals surface area (Å²) in [6.07, 6.45) is -0.333. The van der Waals surface area contributed by atoms with Gasteiger partial charge in [0.25, 0.3) is 10.1 Å². The number of ether oxygens (including phenoxy) is 2. The molecule has 7 heteroatoms. The molecule has 0 N–H and O–H groups in total. The summed E-state index contributed by atoms with van der Waals surface area (Å²) >= 11 is 0. The third kappa shape index (κ3) is 6.50. The van der Waals surface area contributed by atoms with Crippen molar-refractivity contribution < 1.29 is 26.9 Å². The van der Waals surface area contributed by atoms with Gasteiger partial charge >= 0.3 is 5.97 Å². The Morgan fingerprint density at radius 3 is 2.35 bits per heavy atom. The standard InChI is InChI=1S/C19H22O6S/c1-3-23-19(20)18(25-26(2,21)22)13-16-11-7-8-12-17(16)24-14-15-9-5-4-6-10-15/h4-12,18H,3,13-14H2,1-2H3. The molecule has 0 aromatic heterocycles. The Morgan fingerprint density at radius 2 is 1.69 bits per heavy atom. The number of hydrogen-bond donors (Lipinski definition) is 0. The molecule has 0 aliphatic rings. The van der Waals surface area contributed by atoms with Gasteiger partial charge in [-0.05, 0) is 24.1 Å². The van der Waals surface area contributed by atoms with Crippen molar-refractivity contribution in [3.8, 4) is 5.75 Å². The number of hydrogen-bond acceptors (Lipinski definition) is 6. The summed E-state index contributed by atoms with van der Waals surface area (Å²) in [5, 5.41) is 0. The van der Waals surface area contributed by atoms with Crippen LogP contribution in [-0.2, 0) is 36.9 Å². The minimum absolute atomic E-state index is 0.0247. The summed E-state index contributed by atoms with van der Waals surface area (Å²) in [6.45, 7) is 2.13. The summed E-state index contributed by atoms with van der Waals surface area (Å²) in [7, 11) is -3.82. The molecular formula is C19H22O6S. The molecule has 6 nitrogen and oxygen atoms in total. The maximum absolute atomic E-state index is 12.1. The number of carbonyl (C=O) groups is 1. The summed E-state index contributed by atoms with van der Waals surface area (Å²) in [5.41, 5.74) is 1.65. The van der Waals surface area contributed by atoms with E-state index in [0.29, 0.717) is 17.9 Å². The molecule has 0 spiro atoms. The van der Waals surface area contributed by atoms with E-state index in [4.69, 9.17) is 13.7 Å². The molecule has 0 saturated carbocycles. The average Bonchev–Trinajstić information content (AvgIpc) is 2.60. The molecule has 0 aliphatic heterocycles. The van der Waals surface area contributed by atoms with Gasteiger partial charge in [0.15, 0.2) is 6.10 Å². The number of esters is 1. The van der Waals surface area contributed by atoms with Gasteiger partial charge < -0.3 is 9.47 Å². The lowest BCUT2D eigenvalue weighted by Gasteiger charge is -2.17. The Labute approximate surface area is 153 Å². The van der Waals surface area contributed by atoms with E-state index in [2.05, 4.69) is 0 Å². The Morgan fingerprint density at radius 1 is 1.04 bits per heavy atom. The van der Waals surface area contributed by atoms with Crippen molar-refractivity contribution in [2.75, 3.05) is 12.9 Å². The van der Waals surface area contributed by atoms with Crippen molar-refractivity contribution in [1.82, 2.24) is 0 Å². The van der Waals surface area contributed by atoms with Crippen LogP contribution in [0.25, 0.3) is 0 Å². The van der Waals surface area contributed by atoms with Gasteiger partial charge in [-0.15, -0.1) is 0 Å². The summed E-state index contributed by atoms with van der Waals surface area (Å²) in [5.74, 6) is -0.168. The third-order valence-electron chi connectivity index (χ3n) is 3.46. The van der Waals surface area contributed by atoms with E-state index < -0.39 is 22.2 Å². The van der Waals surface area contributed by atoms with E-state index >= 15 is 0 Å². The molecule has 2 aromatic rings. The number of benzene rings is 2. The highest BCUT2D eigenvalue weighted by atomic mass is 32.2. The van der Waals surface area contributed by atoms with Crippen LogP contribution in [0.1, 0.15) is 18.1 Å². The molecule has 26 heavy (non-hydrogen) atoms. The Kier molecular flexibility index (Phi) is 7.17. The first-order valence-corrected chi connectivity index (χ1v) is 10.00. The highest BCUT2D eigenvalue weighted by Crippen LogP contribution is 2.22. The van der Waals surface area contributed by atoms with Crippen LogP contribution >= 0.6 is 0 Å². The molecule has 0 heterocycles. The van der Waals surface area contributed by atoms with Crippen LogP contribution in [0.2, 0.25) is 0 Å². The van der Waals surface area contributed by atoms with Crippen LogP contribution < -0.4 is 4.74 Å². The van der Waals surface area contributed by atoms with Crippen molar-refractivity contribution in [2.24, 2.45) is 0 Å². The van der Waals surface area contributed by atoms with Gasteiger partial charge in [0, 0.05) is 6.42 Å². The van der Waals surface area contributed by atoms with E-state index in [0.717, 1.165) is 11.8 Å². The van der Waals surface area contributed by atoms with Crippen molar-refractivity contribution in [3.05, 3.63) is 65.7 Å². The van der Waals surface area contributed by atoms with Crippen LogP contribution in [0.15, 0.2) is 54.6 Å². The van der Waals surface area contributed by atoms with Crippen LogP contribution in [0.3, 0.4) is 0 Å². The molecule has 2 aromatic carbocycles. The molecule has 0 aliphatic carbocycles. The summed E-state index contributed by atoms with van der Waals surface area (Å²) < 4.78 is 38.6. The van der Waals surface area contributed by atoms with Gasteiger partial charge in [-0.3, -0.25) is 4.18 Å². The van der Waals surface area contributed by atoms with E-state index in [1.54, 1.807) is 31.2 Å². The second kappa shape index (κ2) is 9.35. The second-order valence-corrected chi connectivity index (χ2v) is 7.23. The molecule has 140 valence electrons. The second-order valence-electron chi connectivity index (χ2n) is 5.63. The predicted molar refractivity (Wildman–Crippen MR) is 97.3 cm³/mol. The van der Waals surface area contributed by atoms with E-state index in [-0.39, 0.29) is 13.0 Å². The normalized spacial score (nSPS) is 12.4. The topological polar surface area (TPSA) is 78.9 Å². The van der Waals surface area contributed by atoms with Gasteiger partial charge in [-0.1, -0.05) is 48.5 Å². The molecule has 2 rings (SSSR count). The summed E-state index contributed by atoms with van der Waals surface area (Å²) in [4.78, 5) is 12.1. The van der Waals surface area contributed by atoms with Gasteiger partial charge in [0.05, 0.1) is 12.9 Å². The van der Waals surface area contributed by atoms with Gasteiger partial charge in [0.1, 0.15) is 12.4 Å². The zero-order valence-corrected chi connectivity index (χ0v) is 15.6. The molecule has 1 unspecified atom stereocenters. The first kappa shape index (κ1) is 19.9. The average molecular weight is 378 g/mol. The minimum atomic E-state index is -3.82. The quantitative estimate of drug-likeness (QED) is 0.493. The zero-order valence-electron chi connectivity index (χ0n) is 14.8. The van der Waals surface area contributed by atoms with Crippen LogP contribution in [0, 0.1) is 0 Å². The molecule has 0 amide bonds. The number of rotatable bonds is 9. The minimum Gasteiger partial charge on any atom is -0.489 e. The van der Waals surface area contributed by atoms with E-state index in [9.17, 15) is 13.2 Å². The molecule has 0 saturated heterocycles. The lowest BCUT2D eigenvalue weighted by Crippen LogP contribution is -2.31. The van der Waals surface area contributed by atoms with E-state index in [1.807, 2.05) is 30.3 Å². The van der Waals surface area contributed by atoms with Crippen molar-refractivity contribution in [2.45, 2.75) is 26.1 Å². The molecule has 0 fully saturated rings. The SMILES string of the molecule is CCOC(=O)C(Cc1ccccc1OCc1ccccc1)OS(C)(=O)=O. The largest absolute Gasteiger partial charge is 0.489 e. The number of para-hydroxylation sites is 1. The first-order chi connectivity index (χ1) is 12.4. The van der Waals surface area contributed by atoms with Gasteiger partial charge in [0.2, 0.25) is 0 Å². The van der Waals surface area contributed by atoms with Crippen molar-refractivity contribution in [1.29, 1.82) is 0 Å². The van der Waals surface area contributed by atoms with Crippen LogP contribution in [0.5, 0.6) is 5.75 Å². The van der Waals surface area contributed by atoms with E-state index in [1.165, 1.54) is 0 Å². The molecule has 0 radical (unpaired) electrons. The van der Waals surface area contributed by atoms with Crippen LogP contribution in [0.4, 0.5) is 0 Å². The lowest BCUT2D eigenvalue weighted by molar-refractivity contribution is -0.151. The monoisotopic (exact) mass is 378 g/mol.